The lowest BCUT2D eigenvalue weighted by Crippen LogP contribution is -2.62. The van der Waals surface area contributed by atoms with Gasteiger partial charge in [0.15, 0.2) is 11.6 Å². The van der Waals surface area contributed by atoms with Gasteiger partial charge in [0.1, 0.15) is 0 Å². The number of aliphatic hydroxyl groups is 4. The third-order valence-corrected chi connectivity index (χ3v) is 4.84. The van der Waals surface area contributed by atoms with Gasteiger partial charge >= 0.3 is 0 Å². The van der Waals surface area contributed by atoms with Crippen LogP contribution in [0.4, 0.5) is 5.69 Å². The molecule has 4 N–H and O–H groups in total. The number of hydrogen-bond donors (Lipinski definition) is 4. The first-order valence-electron chi connectivity index (χ1n) is 8.67. The van der Waals surface area contributed by atoms with Gasteiger partial charge in [0, 0.05) is 29.5 Å². The van der Waals surface area contributed by atoms with Crippen LogP contribution in [0.5, 0.6) is 0 Å². The molecule has 0 saturated heterocycles. The molecule has 142 valence electrons. The van der Waals surface area contributed by atoms with E-state index in [9.17, 15) is 30.0 Å². The van der Waals surface area contributed by atoms with Gasteiger partial charge in [-0.1, -0.05) is 50.2 Å². The highest BCUT2D eigenvalue weighted by molar-refractivity contribution is 6.30. The van der Waals surface area contributed by atoms with Gasteiger partial charge in [-0.15, -0.1) is 0 Å². The Morgan fingerprint density at radius 2 is 1.22 bits per heavy atom. The van der Waals surface area contributed by atoms with Gasteiger partial charge in [-0.25, -0.2) is 0 Å². The quantitative estimate of drug-likeness (QED) is 0.500. The standard InChI is InChI=1S/C20H21NO6/c1-3-19(24,25)21(20(26,27)4-2)15-11-7-10-14-16(15)18(23)13-9-6-5-8-12(13)17(14)22/h5-11,24-27H,3-4H2,1-2H3. The minimum absolute atomic E-state index is 0.0695. The predicted molar refractivity (Wildman–Crippen MR) is 97.1 cm³/mol. The highest BCUT2D eigenvalue weighted by Crippen LogP contribution is 2.39. The van der Waals surface area contributed by atoms with Gasteiger partial charge in [0.25, 0.3) is 0 Å². The molecule has 1 aliphatic carbocycles. The Hall–Kier alpha value is -2.58. The van der Waals surface area contributed by atoms with Crippen LogP contribution in [-0.4, -0.2) is 43.8 Å². The lowest BCUT2D eigenvalue weighted by molar-refractivity contribution is -0.251. The number of carbonyl (C=O) groups is 2. The van der Waals surface area contributed by atoms with Gasteiger partial charge in [0.2, 0.25) is 11.8 Å². The van der Waals surface area contributed by atoms with Crippen LogP contribution in [0.25, 0.3) is 0 Å². The summed E-state index contributed by atoms with van der Waals surface area (Å²) in [5.41, 5.74) is 0.267. The summed E-state index contributed by atoms with van der Waals surface area (Å²) < 4.78 is 0. The molecule has 0 atom stereocenters. The number of benzene rings is 2. The Morgan fingerprint density at radius 3 is 1.74 bits per heavy atom. The molecule has 0 radical (unpaired) electrons. The minimum atomic E-state index is -2.66. The molecule has 0 spiro atoms. The average molecular weight is 371 g/mol. The monoisotopic (exact) mass is 371 g/mol. The molecule has 0 aromatic heterocycles. The molecule has 7 nitrogen and oxygen atoms in total. The molecule has 0 aliphatic heterocycles. The number of rotatable bonds is 5. The van der Waals surface area contributed by atoms with Crippen LogP contribution in [0.2, 0.25) is 0 Å². The van der Waals surface area contributed by atoms with Crippen LogP contribution >= 0.6 is 0 Å². The van der Waals surface area contributed by atoms with Crippen molar-refractivity contribution in [2.24, 2.45) is 0 Å². The molecule has 27 heavy (non-hydrogen) atoms. The zero-order chi connectivity index (χ0) is 20.0. The number of carbonyl (C=O) groups excluding carboxylic acids is 2. The summed E-state index contributed by atoms with van der Waals surface area (Å²) in [5.74, 6) is -6.21. The lowest BCUT2D eigenvalue weighted by atomic mass is 9.83. The van der Waals surface area contributed by atoms with E-state index in [1.807, 2.05) is 0 Å². The van der Waals surface area contributed by atoms with E-state index in [0.29, 0.717) is 4.90 Å². The first-order chi connectivity index (χ1) is 12.7. The van der Waals surface area contributed by atoms with Crippen LogP contribution in [0.3, 0.4) is 0 Å². The summed E-state index contributed by atoms with van der Waals surface area (Å²) >= 11 is 0. The van der Waals surface area contributed by atoms with Crippen molar-refractivity contribution in [3.8, 4) is 0 Å². The molecular formula is C20H21NO6. The fraction of sp³-hybridized carbons (Fsp3) is 0.300. The Kier molecular flexibility index (Phi) is 4.65. The van der Waals surface area contributed by atoms with Gasteiger partial charge in [0.05, 0.1) is 11.3 Å². The van der Waals surface area contributed by atoms with Crippen molar-refractivity contribution in [3.05, 3.63) is 64.7 Å². The maximum Gasteiger partial charge on any atom is 0.250 e. The van der Waals surface area contributed by atoms with Crippen LogP contribution in [-0.2, 0) is 0 Å². The second-order valence-electron chi connectivity index (χ2n) is 6.49. The van der Waals surface area contributed by atoms with E-state index in [0.717, 1.165) is 0 Å². The van der Waals surface area contributed by atoms with Crippen molar-refractivity contribution in [2.45, 2.75) is 38.5 Å². The molecule has 1 aliphatic rings. The molecule has 2 aromatic carbocycles. The van der Waals surface area contributed by atoms with E-state index in [2.05, 4.69) is 0 Å². The third-order valence-electron chi connectivity index (χ3n) is 4.84. The fourth-order valence-corrected chi connectivity index (χ4v) is 3.30. The topological polar surface area (TPSA) is 118 Å². The number of hydrogen-bond acceptors (Lipinski definition) is 7. The van der Waals surface area contributed by atoms with Gasteiger partial charge in [-0.05, 0) is 6.07 Å². The molecule has 0 fully saturated rings. The second-order valence-corrected chi connectivity index (χ2v) is 6.49. The molecular weight excluding hydrogens is 350 g/mol. The van der Waals surface area contributed by atoms with E-state index < -0.39 is 23.4 Å². The third kappa shape index (κ3) is 2.94. The van der Waals surface area contributed by atoms with Crippen molar-refractivity contribution < 1.29 is 30.0 Å². The summed E-state index contributed by atoms with van der Waals surface area (Å²) in [6.45, 7) is 2.88. The van der Waals surface area contributed by atoms with Gasteiger partial charge in [-0.2, -0.15) is 0 Å². The van der Waals surface area contributed by atoms with E-state index in [1.165, 1.54) is 38.1 Å². The van der Waals surface area contributed by atoms with E-state index in [-0.39, 0.29) is 40.8 Å². The van der Waals surface area contributed by atoms with Crippen molar-refractivity contribution >= 4 is 17.3 Å². The minimum Gasteiger partial charge on any atom is -0.349 e. The van der Waals surface area contributed by atoms with Crippen molar-refractivity contribution in [1.29, 1.82) is 0 Å². The number of nitrogens with zero attached hydrogens (tertiary/aromatic N) is 1. The molecule has 0 heterocycles. The van der Waals surface area contributed by atoms with Crippen LogP contribution in [0.15, 0.2) is 42.5 Å². The van der Waals surface area contributed by atoms with Crippen molar-refractivity contribution in [3.63, 3.8) is 0 Å². The smallest absolute Gasteiger partial charge is 0.250 e. The van der Waals surface area contributed by atoms with Gasteiger partial charge < -0.3 is 20.4 Å². The summed E-state index contributed by atoms with van der Waals surface area (Å²) in [6, 6.07) is 10.6. The molecule has 7 heteroatoms. The molecule has 0 bridgehead atoms. The summed E-state index contributed by atoms with van der Waals surface area (Å²) in [6.07, 6.45) is -0.559. The highest BCUT2D eigenvalue weighted by atomic mass is 16.6. The van der Waals surface area contributed by atoms with Crippen LogP contribution < -0.4 is 4.90 Å². The zero-order valence-corrected chi connectivity index (χ0v) is 15.0. The second kappa shape index (κ2) is 6.54. The number of anilines is 1. The molecule has 0 unspecified atom stereocenters. The SMILES string of the molecule is CCC(O)(O)N(c1cccc2c1C(=O)c1ccccc1C2=O)C(O)(O)CC. The Balaban J connectivity index is 2.30. The molecule has 3 rings (SSSR count). The maximum atomic E-state index is 13.1. The first kappa shape index (κ1) is 19.2. The van der Waals surface area contributed by atoms with Crippen molar-refractivity contribution in [2.75, 3.05) is 4.90 Å². The van der Waals surface area contributed by atoms with E-state index in [4.69, 9.17) is 0 Å². The predicted octanol–water partition coefficient (Wildman–Crippen LogP) is 1.37. The van der Waals surface area contributed by atoms with Crippen molar-refractivity contribution in [1.82, 2.24) is 0 Å². The van der Waals surface area contributed by atoms with E-state index >= 15 is 0 Å². The highest BCUT2D eigenvalue weighted by Gasteiger charge is 2.46. The van der Waals surface area contributed by atoms with E-state index in [1.54, 1.807) is 18.2 Å². The summed E-state index contributed by atoms with van der Waals surface area (Å²) in [5, 5.41) is 41.7. The number of ketones is 2. The Bertz CT molecular complexity index is 902. The normalized spacial score (nSPS) is 14.0. The Labute approximate surface area is 156 Å². The Morgan fingerprint density at radius 1 is 0.741 bits per heavy atom. The fourth-order valence-electron chi connectivity index (χ4n) is 3.30. The zero-order valence-electron chi connectivity index (χ0n) is 15.0. The average Bonchev–Trinajstić information content (AvgIpc) is 2.65. The molecule has 0 saturated carbocycles. The number of fused-ring (bicyclic) bond motifs is 2. The summed E-state index contributed by atoms with van der Waals surface area (Å²) in [4.78, 5) is 26.5. The first-order valence-corrected chi connectivity index (χ1v) is 8.67. The molecule has 0 amide bonds. The van der Waals surface area contributed by atoms with Crippen LogP contribution in [0.1, 0.15) is 58.5 Å². The maximum absolute atomic E-state index is 13.1. The largest absolute Gasteiger partial charge is 0.349 e. The lowest BCUT2D eigenvalue weighted by Gasteiger charge is -2.44. The van der Waals surface area contributed by atoms with Crippen LogP contribution in [0, 0.1) is 0 Å². The molecule has 2 aromatic rings. The van der Waals surface area contributed by atoms with Gasteiger partial charge in [-0.3, -0.25) is 14.5 Å². The summed E-state index contributed by atoms with van der Waals surface area (Å²) in [7, 11) is 0.